The Kier molecular flexibility index (Phi) is 3.10. The normalized spacial score (nSPS) is 25.4. The lowest BCUT2D eigenvalue weighted by Crippen LogP contribution is -2.61. The lowest BCUT2D eigenvalue weighted by molar-refractivity contribution is -0.169. The Hall–Kier alpha value is -1.10. The largest absolute Gasteiger partial charge is 0.464 e. The summed E-state index contributed by atoms with van der Waals surface area (Å²) in [4.78, 5) is 22.4. The fraction of sp³-hybridized carbons (Fsp3) is 0.778. The first kappa shape index (κ1) is 11.0. The number of amides is 1. The average Bonchev–Trinajstić information content (AvgIpc) is 2.01. The van der Waals surface area contributed by atoms with Crippen LogP contribution in [0.5, 0.6) is 0 Å². The molecule has 1 aliphatic heterocycles. The predicted molar refractivity (Wildman–Crippen MR) is 48.6 cm³/mol. The monoisotopic (exact) mass is 201 g/mol. The number of hydrogen-bond acceptors (Lipinski definition) is 4. The van der Waals surface area contributed by atoms with E-state index >= 15 is 0 Å². The van der Waals surface area contributed by atoms with E-state index in [-0.39, 0.29) is 12.5 Å². The number of nitrogens with one attached hydrogen (secondary N) is 1. The molecule has 1 saturated heterocycles. The Labute approximate surface area is 82.8 Å². The van der Waals surface area contributed by atoms with Gasteiger partial charge >= 0.3 is 5.97 Å². The van der Waals surface area contributed by atoms with Crippen molar-refractivity contribution in [3.8, 4) is 0 Å². The van der Waals surface area contributed by atoms with Crippen molar-refractivity contribution < 1.29 is 19.1 Å². The molecular weight excluding hydrogens is 186 g/mol. The van der Waals surface area contributed by atoms with Gasteiger partial charge in [0, 0.05) is 0 Å². The van der Waals surface area contributed by atoms with E-state index in [0.717, 1.165) is 0 Å². The lowest BCUT2D eigenvalue weighted by Gasteiger charge is -2.37. The third-order valence-electron chi connectivity index (χ3n) is 2.00. The molecule has 1 aliphatic rings. The fourth-order valence-electron chi connectivity index (χ4n) is 1.41. The maximum atomic E-state index is 11.4. The topological polar surface area (TPSA) is 64.6 Å². The molecule has 1 rings (SSSR count). The summed E-state index contributed by atoms with van der Waals surface area (Å²) in [5.41, 5.74) is -0.707. The van der Waals surface area contributed by atoms with Crippen LogP contribution in [0.3, 0.4) is 0 Å². The molecule has 0 aliphatic carbocycles. The number of carbonyl (C=O) groups excluding carboxylic acids is 2. The van der Waals surface area contributed by atoms with Crippen molar-refractivity contribution in [1.29, 1.82) is 0 Å². The first-order chi connectivity index (χ1) is 6.47. The first-order valence-electron chi connectivity index (χ1n) is 4.56. The van der Waals surface area contributed by atoms with Crippen molar-refractivity contribution in [3.63, 3.8) is 0 Å². The Bertz CT molecular complexity index is 249. The molecule has 1 unspecified atom stereocenters. The van der Waals surface area contributed by atoms with Crippen LogP contribution in [0, 0.1) is 0 Å². The van der Waals surface area contributed by atoms with Crippen LogP contribution in [0.4, 0.5) is 0 Å². The van der Waals surface area contributed by atoms with Crippen molar-refractivity contribution in [2.45, 2.75) is 32.4 Å². The van der Waals surface area contributed by atoms with E-state index in [4.69, 9.17) is 9.47 Å². The van der Waals surface area contributed by atoms with E-state index < -0.39 is 17.6 Å². The molecule has 0 saturated carbocycles. The summed E-state index contributed by atoms with van der Waals surface area (Å²) in [6.45, 7) is 5.40. The van der Waals surface area contributed by atoms with E-state index in [1.165, 1.54) is 0 Å². The van der Waals surface area contributed by atoms with E-state index in [0.29, 0.717) is 6.61 Å². The molecule has 14 heavy (non-hydrogen) atoms. The third kappa shape index (κ3) is 2.23. The molecule has 0 aromatic carbocycles. The highest BCUT2D eigenvalue weighted by Gasteiger charge is 2.42. The minimum atomic E-state index is -0.722. The van der Waals surface area contributed by atoms with Gasteiger partial charge in [0.1, 0.15) is 6.61 Å². The van der Waals surface area contributed by atoms with E-state index in [2.05, 4.69) is 5.32 Å². The van der Waals surface area contributed by atoms with Crippen LogP contribution < -0.4 is 5.32 Å². The van der Waals surface area contributed by atoms with Gasteiger partial charge in [0.05, 0.1) is 12.1 Å². The molecule has 0 aromatic heterocycles. The van der Waals surface area contributed by atoms with Gasteiger partial charge in [0.2, 0.25) is 5.91 Å². The zero-order chi connectivity index (χ0) is 10.8. The molecule has 0 radical (unpaired) electrons. The van der Waals surface area contributed by atoms with Gasteiger partial charge in [-0.3, -0.25) is 4.79 Å². The summed E-state index contributed by atoms with van der Waals surface area (Å²) in [7, 11) is 0. The maximum Gasteiger partial charge on any atom is 0.337 e. The van der Waals surface area contributed by atoms with Crippen LogP contribution in [0.15, 0.2) is 0 Å². The molecule has 80 valence electrons. The van der Waals surface area contributed by atoms with Crippen molar-refractivity contribution >= 4 is 11.9 Å². The highest BCUT2D eigenvalue weighted by atomic mass is 16.6. The van der Waals surface area contributed by atoms with Gasteiger partial charge in [-0.05, 0) is 20.8 Å². The summed E-state index contributed by atoms with van der Waals surface area (Å²) in [5, 5.41) is 2.68. The number of ether oxygens (including phenoxy) is 2. The van der Waals surface area contributed by atoms with Crippen LogP contribution >= 0.6 is 0 Å². The smallest absolute Gasteiger partial charge is 0.337 e. The fourth-order valence-corrected chi connectivity index (χ4v) is 1.41. The SMILES string of the molecule is CCOC(=O)C1OCC(=O)NC1(C)C. The van der Waals surface area contributed by atoms with Gasteiger partial charge in [-0.15, -0.1) is 0 Å². The minimum absolute atomic E-state index is 0.0904. The Morgan fingerprint density at radius 2 is 2.36 bits per heavy atom. The Morgan fingerprint density at radius 1 is 1.71 bits per heavy atom. The van der Waals surface area contributed by atoms with Crippen molar-refractivity contribution in [3.05, 3.63) is 0 Å². The van der Waals surface area contributed by atoms with Gasteiger partial charge in [-0.2, -0.15) is 0 Å². The summed E-state index contributed by atoms with van der Waals surface area (Å²) >= 11 is 0. The summed E-state index contributed by atoms with van der Waals surface area (Å²) in [6, 6.07) is 0. The predicted octanol–water partition coefficient (Wildman–Crippen LogP) is -0.157. The molecule has 1 atom stereocenters. The van der Waals surface area contributed by atoms with Crippen molar-refractivity contribution in [1.82, 2.24) is 5.32 Å². The van der Waals surface area contributed by atoms with Crippen LogP contribution in [-0.2, 0) is 19.1 Å². The molecule has 1 fully saturated rings. The standard InChI is InChI=1S/C9H15NO4/c1-4-13-8(12)7-9(2,3)10-6(11)5-14-7/h7H,4-5H2,1-3H3,(H,10,11). The quantitative estimate of drug-likeness (QED) is 0.631. The molecule has 1 N–H and O–H groups in total. The Morgan fingerprint density at radius 3 is 2.86 bits per heavy atom. The average molecular weight is 201 g/mol. The van der Waals surface area contributed by atoms with Gasteiger partial charge in [0.15, 0.2) is 6.10 Å². The van der Waals surface area contributed by atoms with Gasteiger partial charge < -0.3 is 14.8 Å². The van der Waals surface area contributed by atoms with Gasteiger partial charge in [0.25, 0.3) is 0 Å². The number of rotatable bonds is 2. The van der Waals surface area contributed by atoms with Crippen LogP contribution in [0.25, 0.3) is 0 Å². The molecule has 0 spiro atoms. The van der Waals surface area contributed by atoms with Crippen molar-refractivity contribution in [2.75, 3.05) is 13.2 Å². The highest BCUT2D eigenvalue weighted by Crippen LogP contribution is 2.18. The Balaban J connectivity index is 2.68. The zero-order valence-corrected chi connectivity index (χ0v) is 8.62. The minimum Gasteiger partial charge on any atom is -0.464 e. The number of carbonyl (C=O) groups is 2. The maximum absolute atomic E-state index is 11.4. The summed E-state index contributed by atoms with van der Waals surface area (Å²) < 4.78 is 9.97. The molecule has 1 amide bonds. The summed E-state index contributed by atoms with van der Waals surface area (Å²) in [5.74, 6) is -0.645. The van der Waals surface area contributed by atoms with Crippen LogP contribution in [-0.4, -0.2) is 36.7 Å². The molecule has 0 aromatic rings. The second-order valence-corrected chi connectivity index (χ2v) is 3.71. The van der Waals surface area contributed by atoms with E-state index in [1.54, 1.807) is 20.8 Å². The molecule has 5 nitrogen and oxygen atoms in total. The van der Waals surface area contributed by atoms with E-state index in [1.807, 2.05) is 0 Å². The molecule has 5 heteroatoms. The molecule has 1 heterocycles. The number of esters is 1. The highest BCUT2D eigenvalue weighted by molar-refractivity contribution is 5.84. The van der Waals surface area contributed by atoms with Gasteiger partial charge in [-0.1, -0.05) is 0 Å². The van der Waals surface area contributed by atoms with Crippen LogP contribution in [0.2, 0.25) is 0 Å². The second kappa shape index (κ2) is 3.96. The molecular formula is C9H15NO4. The third-order valence-corrected chi connectivity index (χ3v) is 2.00. The van der Waals surface area contributed by atoms with Gasteiger partial charge in [-0.25, -0.2) is 4.79 Å². The lowest BCUT2D eigenvalue weighted by atomic mass is 9.95. The number of hydrogen-bond donors (Lipinski definition) is 1. The second-order valence-electron chi connectivity index (χ2n) is 3.71. The first-order valence-corrected chi connectivity index (χ1v) is 4.56. The number of morpholine rings is 1. The van der Waals surface area contributed by atoms with Crippen LogP contribution in [0.1, 0.15) is 20.8 Å². The summed E-state index contributed by atoms with van der Waals surface area (Å²) in [6.07, 6.45) is -0.722. The molecule has 0 bridgehead atoms. The van der Waals surface area contributed by atoms with Crippen molar-refractivity contribution in [2.24, 2.45) is 0 Å². The van der Waals surface area contributed by atoms with E-state index in [9.17, 15) is 9.59 Å². The zero-order valence-electron chi connectivity index (χ0n) is 8.62.